The first kappa shape index (κ1) is 16.4. The van der Waals surface area contributed by atoms with Crippen LogP contribution >= 0.6 is 0 Å². The highest BCUT2D eigenvalue weighted by atomic mass is 15.1. The van der Waals surface area contributed by atoms with Gasteiger partial charge in [0, 0.05) is 31.5 Å². The van der Waals surface area contributed by atoms with Crippen molar-refractivity contribution in [3.63, 3.8) is 0 Å². The molecule has 1 aliphatic rings. The molecular weight excluding hydrogens is 258 g/mol. The summed E-state index contributed by atoms with van der Waals surface area (Å²) in [6, 6.07) is 4.55. The van der Waals surface area contributed by atoms with E-state index in [4.69, 9.17) is 5.73 Å². The smallest absolute Gasteiger partial charge is 0.0271 e. The Bertz CT molecular complexity index is 424. The Morgan fingerprint density at radius 3 is 2.52 bits per heavy atom. The summed E-state index contributed by atoms with van der Waals surface area (Å²) in [4.78, 5) is 6.49. The molecule has 0 radical (unpaired) electrons. The Balaban J connectivity index is 1.91. The third kappa shape index (κ3) is 4.79. The zero-order chi connectivity index (χ0) is 15.5. The summed E-state index contributed by atoms with van der Waals surface area (Å²) in [6.07, 6.45) is 7.46. The van der Waals surface area contributed by atoms with E-state index in [1.165, 1.54) is 24.8 Å². The molecule has 2 N–H and O–H groups in total. The molecule has 1 fully saturated rings. The van der Waals surface area contributed by atoms with Crippen molar-refractivity contribution in [3.05, 3.63) is 30.1 Å². The highest BCUT2D eigenvalue weighted by molar-refractivity contribution is 5.09. The van der Waals surface area contributed by atoms with Gasteiger partial charge in [0.2, 0.25) is 0 Å². The highest BCUT2D eigenvalue weighted by Crippen LogP contribution is 2.40. The number of hydrogen-bond donors (Lipinski definition) is 1. The molecule has 0 aromatic carbocycles. The molecule has 0 amide bonds. The quantitative estimate of drug-likeness (QED) is 0.924. The maximum Gasteiger partial charge on any atom is 0.0271 e. The lowest BCUT2D eigenvalue weighted by molar-refractivity contribution is 0.104. The number of nitrogens with zero attached hydrogens (tertiary/aromatic N) is 2. The second-order valence-electron chi connectivity index (χ2n) is 7.85. The molecule has 0 aliphatic heterocycles. The lowest BCUT2D eigenvalue weighted by Crippen LogP contribution is -2.44. The van der Waals surface area contributed by atoms with Gasteiger partial charge in [-0.2, -0.15) is 0 Å². The van der Waals surface area contributed by atoms with E-state index in [1.807, 2.05) is 12.4 Å². The molecule has 0 bridgehead atoms. The minimum absolute atomic E-state index is 0.364. The SMILES string of the molecule is CN(Cc1ccncc1)CC1CC(C(C)(C)C)CCC1N. The molecule has 1 aromatic heterocycles. The van der Waals surface area contributed by atoms with Gasteiger partial charge in [-0.25, -0.2) is 0 Å². The topological polar surface area (TPSA) is 42.2 Å². The maximum atomic E-state index is 6.39. The van der Waals surface area contributed by atoms with Gasteiger partial charge >= 0.3 is 0 Å². The van der Waals surface area contributed by atoms with Crippen LogP contribution in [0, 0.1) is 17.3 Å². The largest absolute Gasteiger partial charge is 0.327 e. The van der Waals surface area contributed by atoms with Gasteiger partial charge in [0.1, 0.15) is 0 Å². The summed E-state index contributed by atoms with van der Waals surface area (Å²) < 4.78 is 0. The van der Waals surface area contributed by atoms with Gasteiger partial charge in [-0.1, -0.05) is 20.8 Å². The van der Waals surface area contributed by atoms with Crippen LogP contribution in [0.4, 0.5) is 0 Å². The van der Waals surface area contributed by atoms with Crippen LogP contribution in [-0.2, 0) is 6.54 Å². The van der Waals surface area contributed by atoms with Gasteiger partial charge in [-0.05, 0) is 61.3 Å². The van der Waals surface area contributed by atoms with Gasteiger partial charge in [-0.15, -0.1) is 0 Å². The van der Waals surface area contributed by atoms with Gasteiger partial charge in [0.15, 0.2) is 0 Å². The van der Waals surface area contributed by atoms with E-state index < -0.39 is 0 Å². The normalized spacial score (nSPS) is 27.0. The predicted molar refractivity (Wildman–Crippen MR) is 88.8 cm³/mol. The van der Waals surface area contributed by atoms with Crippen LogP contribution in [0.5, 0.6) is 0 Å². The van der Waals surface area contributed by atoms with Gasteiger partial charge in [-0.3, -0.25) is 4.98 Å². The van der Waals surface area contributed by atoms with Gasteiger partial charge in [0.25, 0.3) is 0 Å². The summed E-state index contributed by atoms with van der Waals surface area (Å²) >= 11 is 0. The second-order valence-corrected chi connectivity index (χ2v) is 7.85. The summed E-state index contributed by atoms with van der Waals surface area (Å²) in [5, 5.41) is 0. The predicted octanol–water partition coefficient (Wildman–Crippen LogP) is 3.30. The van der Waals surface area contributed by atoms with Crippen LogP contribution in [0.1, 0.15) is 45.6 Å². The van der Waals surface area contributed by atoms with Crippen LogP contribution in [0.3, 0.4) is 0 Å². The van der Waals surface area contributed by atoms with Crippen molar-refractivity contribution >= 4 is 0 Å². The number of rotatable bonds is 4. The Morgan fingerprint density at radius 1 is 1.24 bits per heavy atom. The molecule has 118 valence electrons. The molecule has 3 atom stereocenters. The molecule has 1 aromatic rings. The number of pyridine rings is 1. The molecular formula is C18H31N3. The number of nitrogens with two attached hydrogens (primary N) is 1. The standard InChI is InChI=1S/C18H31N3/c1-18(2,3)16-5-6-17(19)15(11-16)13-21(4)12-14-7-9-20-10-8-14/h7-10,15-17H,5-6,11-13,19H2,1-4H3. The molecule has 1 aliphatic carbocycles. The van der Waals surface area contributed by atoms with E-state index in [2.05, 4.69) is 49.8 Å². The van der Waals surface area contributed by atoms with Gasteiger partial charge < -0.3 is 10.6 Å². The van der Waals surface area contributed by atoms with Crippen molar-refractivity contribution < 1.29 is 0 Å². The van der Waals surface area contributed by atoms with E-state index in [1.54, 1.807) is 0 Å². The summed E-state index contributed by atoms with van der Waals surface area (Å²) in [7, 11) is 2.20. The van der Waals surface area contributed by atoms with E-state index in [0.29, 0.717) is 17.4 Å². The second kappa shape index (κ2) is 6.89. The van der Waals surface area contributed by atoms with Gasteiger partial charge in [0.05, 0.1) is 0 Å². The Kier molecular flexibility index (Phi) is 5.39. The molecule has 3 unspecified atom stereocenters. The van der Waals surface area contributed by atoms with E-state index in [9.17, 15) is 0 Å². The Labute approximate surface area is 129 Å². The Hall–Kier alpha value is -0.930. The van der Waals surface area contributed by atoms with Crippen LogP contribution in [0.2, 0.25) is 0 Å². The Morgan fingerprint density at radius 2 is 1.90 bits per heavy atom. The van der Waals surface area contributed by atoms with E-state index in [-0.39, 0.29) is 0 Å². The van der Waals surface area contributed by atoms with Crippen molar-refractivity contribution in [2.45, 2.75) is 52.6 Å². The average molecular weight is 289 g/mol. The minimum Gasteiger partial charge on any atom is -0.327 e. The fourth-order valence-electron chi connectivity index (χ4n) is 3.55. The molecule has 0 saturated heterocycles. The zero-order valence-electron chi connectivity index (χ0n) is 14.0. The van der Waals surface area contributed by atoms with Crippen molar-refractivity contribution in [3.8, 4) is 0 Å². The minimum atomic E-state index is 0.364. The van der Waals surface area contributed by atoms with E-state index in [0.717, 1.165) is 19.0 Å². The van der Waals surface area contributed by atoms with E-state index >= 15 is 0 Å². The molecule has 2 rings (SSSR count). The number of aromatic nitrogens is 1. The van der Waals surface area contributed by atoms with Crippen molar-refractivity contribution in [2.24, 2.45) is 23.0 Å². The molecule has 1 saturated carbocycles. The highest BCUT2D eigenvalue weighted by Gasteiger charge is 2.34. The van der Waals surface area contributed by atoms with Crippen molar-refractivity contribution in [2.75, 3.05) is 13.6 Å². The first-order chi connectivity index (χ1) is 9.86. The molecule has 21 heavy (non-hydrogen) atoms. The maximum absolute atomic E-state index is 6.39. The first-order valence-corrected chi connectivity index (χ1v) is 8.19. The third-order valence-electron chi connectivity index (χ3n) is 5.01. The first-order valence-electron chi connectivity index (χ1n) is 8.19. The molecule has 3 heteroatoms. The fourth-order valence-corrected chi connectivity index (χ4v) is 3.55. The lowest BCUT2D eigenvalue weighted by atomic mass is 9.67. The van der Waals surface area contributed by atoms with Crippen molar-refractivity contribution in [1.82, 2.24) is 9.88 Å². The summed E-state index contributed by atoms with van der Waals surface area (Å²) in [5.74, 6) is 1.42. The molecule has 1 heterocycles. The average Bonchev–Trinajstić information content (AvgIpc) is 2.41. The number of hydrogen-bond acceptors (Lipinski definition) is 3. The van der Waals surface area contributed by atoms with Crippen LogP contribution in [0.15, 0.2) is 24.5 Å². The lowest BCUT2D eigenvalue weighted by Gasteiger charge is -2.41. The van der Waals surface area contributed by atoms with Crippen LogP contribution < -0.4 is 5.73 Å². The zero-order valence-corrected chi connectivity index (χ0v) is 14.0. The summed E-state index contributed by atoms with van der Waals surface area (Å²) in [6.45, 7) is 9.17. The fraction of sp³-hybridized carbons (Fsp3) is 0.722. The van der Waals surface area contributed by atoms with Crippen LogP contribution in [-0.4, -0.2) is 29.5 Å². The van der Waals surface area contributed by atoms with Crippen molar-refractivity contribution in [1.29, 1.82) is 0 Å². The third-order valence-corrected chi connectivity index (χ3v) is 5.01. The molecule has 3 nitrogen and oxygen atoms in total. The summed E-state index contributed by atoms with van der Waals surface area (Å²) in [5.41, 5.74) is 8.12. The van der Waals surface area contributed by atoms with Crippen LogP contribution in [0.25, 0.3) is 0 Å². The molecule has 0 spiro atoms. The monoisotopic (exact) mass is 289 g/mol.